The summed E-state index contributed by atoms with van der Waals surface area (Å²) in [4.78, 5) is 2.12. The number of hydrogen-bond acceptors (Lipinski definition) is 1. The number of allylic oxidation sites excluding steroid dienone is 3. The van der Waals surface area contributed by atoms with Crippen molar-refractivity contribution in [1.29, 1.82) is 0 Å². The first-order valence-electron chi connectivity index (χ1n) is 5.90. The third-order valence-electron chi connectivity index (χ3n) is 2.93. The van der Waals surface area contributed by atoms with Crippen LogP contribution < -0.4 is 4.90 Å². The standard InChI is InChI=1S/C15H19N/c1-16(2)15-10-8-14(9-11-15)12-13-6-4-3-5-7-13/h4,6,8-12H,3,5,7H2,1-2H3. The third kappa shape index (κ3) is 2.75. The van der Waals surface area contributed by atoms with Gasteiger partial charge in [0.2, 0.25) is 0 Å². The van der Waals surface area contributed by atoms with Gasteiger partial charge in [-0.05, 0) is 42.5 Å². The molecule has 0 saturated carbocycles. The Bertz CT molecular complexity index is 396. The van der Waals surface area contributed by atoms with Gasteiger partial charge in [-0.2, -0.15) is 0 Å². The van der Waals surface area contributed by atoms with Crippen molar-refractivity contribution in [3.05, 3.63) is 47.6 Å². The van der Waals surface area contributed by atoms with Crippen molar-refractivity contribution >= 4 is 11.8 Å². The van der Waals surface area contributed by atoms with E-state index < -0.39 is 0 Å². The summed E-state index contributed by atoms with van der Waals surface area (Å²) in [6.07, 6.45) is 10.5. The first-order chi connectivity index (χ1) is 7.75. The second kappa shape index (κ2) is 5.02. The molecule has 0 aromatic heterocycles. The minimum absolute atomic E-state index is 1.21. The van der Waals surface area contributed by atoms with Crippen LogP contribution in [0, 0.1) is 0 Å². The molecular formula is C15H19N. The van der Waals surface area contributed by atoms with Crippen LogP contribution in [0.15, 0.2) is 42.0 Å². The molecule has 0 spiro atoms. The van der Waals surface area contributed by atoms with Gasteiger partial charge in [0.1, 0.15) is 0 Å². The average molecular weight is 213 g/mol. The first-order valence-corrected chi connectivity index (χ1v) is 5.90. The fraction of sp³-hybridized carbons (Fsp3) is 0.333. The first kappa shape index (κ1) is 11.0. The van der Waals surface area contributed by atoms with Gasteiger partial charge in [-0.25, -0.2) is 0 Å². The molecule has 0 radical (unpaired) electrons. The number of nitrogens with zero attached hydrogens (tertiary/aromatic N) is 1. The van der Waals surface area contributed by atoms with Gasteiger partial charge >= 0.3 is 0 Å². The molecule has 1 aliphatic rings. The summed E-state index contributed by atoms with van der Waals surface area (Å²) in [6, 6.07) is 8.70. The van der Waals surface area contributed by atoms with Crippen LogP contribution in [-0.2, 0) is 0 Å². The van der Waals surface area contributed by atoms with Gasteiger partial charge < -0.3 is 4.90 Å². The maximum Gasteiger partial charge on any atom is 0.0361 e. The second-order valence-electron chi connectivity index (χ2n) is 4.50. The van der Waals surface area contributed by atoms with Crippen LogP contribution in [0.3, 0.4) is 0 Å². The van der Waals surface area contributed by atoms with E-state index in [1.54, 1.807) is 0 Å². The van der Waals surface area contributed by atoms with E-state index in [0.717, 1.165) is 0 Å². The zero-order chi connectivity index (χ0) is 11.4. The predicted octanol–water partition coefficient (Wildman–Crippen LogP) is 3.88. The highest BCUT2D eigenvalue weighted by atomic mass is 15.1. The van der Waals surface area contributed by atoms with Crippen LogP contribution in [0.4, 0.5) is 5.69 Å². The molecule has 0 bridgehead atoms. The van der Waals surface area contributed by atoms with Gasteiger partial charge in [0.25, 0.3) is 0 Å². The lowest BCUT2D eigenvalue weighted by Gasteiger charge is -2.12. The number of benzene rings is 1. The third-order valence-corrected chi connectivity index (χ3v) is 2.93. The van der Waals surface area contributed by atoms with Crippen molar-refractivity contribution in [2.75, 3.05) is 19.0 Å². The monoisotopic (exact) mass is 213 g/mol. The summed E-state index contributed by atoms with van der Waals surface area (Å²) >= 11 is 0. The maximum atomic E-state index is 2.29. The molecule has 1 heteroatoms. The molecule has 16 heavy (non-hydrogen) atoms. The topological polar surface area (TPSA) is 3.24 Å². The van der Waals surface area contributed by atoms with Crippen LogP contribution in [0.25, 0.3) is 6.08 Å². The van der Waals surface area contributed by atoms with E-state index >= 15 is 0 Å². The van der Waals surface area contributed by atoms with Crippen molar-refractivity contribution in [2.24, 2.45) is 0 Å². The van der Waals surface area contributed by atoms with Crippen LogP contribution in [-0.4, -0.2) is 14.1 Å². The summed E-state index contributed by atoms with van der Waals surface area (Å²) in [6.45, 7) is 0. The highest BCUT2D eigenvalue weighted by molar-refractivity contribution is 5.59. The number of anilines is 1. The largest absolute Gasteiger partial charge is 0.378 e. The zero-order valence-corrected chi connectivity index (χ0v) is 10.1. The molecule has 1 aliphatic carbocycles. The van der Waals surface area contributed by atoms with Crippen LogP contribution in [0.5, 0.6) is 0 Å². The Morgan fingerprint density at radius 1 is 1.12 bits per heavy atom. The molecule has 1 aromatic rings. The van der Waals surface area contributed by atoms with E-state index in [2.05, 4.69) is 61.5 Å². The molecule has 84 valence electrons. The Hall–Kier alpha value is -1.50. The fourth-order valence-electron chi connectivity index (χ4n) is 1.95. The molecule has 0 saturated heterocycles. The number of rotatable bonds is 2. The molecule has 1 nitrogen and oxygen atoms in total. The van der Waals surface area contributed by atoms with Gasteiger partial charge in [-0.3, -0.25) is 0 Å². The molecule has 0 atom stereocenters. The van der Waals surface area contributed by atoms with Crippen molar-refractivity contribution < 1.29 is 0 Å². The Morgan fingerprint density at radius 2 is 1.88 bits per heavy atom. The van der Waals surface area contributed by atoms with Crippen molar-refractivity contribution in [1.82, 2.24) is 0 Å². The van der Waals surface area contributed by atoms with Crippen LogP contribution in [0.1, 0.15) is 24.8 Å². The van der Waals surface area contributed by atoms with E-state index in [4.69, 9.17) is 0 Å². The summed E-state index contributed by atoms with van der Waals surface area (Å²) < 4.78 is 0. The van der Waals surface area contributed by atoms with Crippen LogP contribution >= 0.6 is 0 Å². The summed E-state index contributed by atoms with van der Waals surface area (Å²) in [5.74, 6) is 0. The van der Waals surface area contributed by atoms with E-state index in [1.165, 1.54) is 36.1 Å². The molecule has 0 heterocycles. The summed E-state index contributed by atoms with van der Waals surface area (Å²) in [7, 11) is 4.13. The zero-order valence-electron chi connectivity index (χ0n) is 10.1. The minimum atomic E-state index is 1.21. The fourth-order valence-corrected chi connectivity index (χ4v) is 1.95. The Morgan fingerprint density at radius 3 is 2.44 bits per heavy atom. The predicted molar refractivity (Wildman–Crippen MR) is 71.7 cm³/mol. The Balaban J connectivity index is 2.15. The van der Waals surface area contributed by atoms with Crippen LogP contribution in [0.2, 0.25) is 0 Å². The van der Waals surface area contributed by atoms with Gasteiger partial charge in [-0.1, -0.05) is 30.4 Å². The van der Waals surface area contributed by atoms with Crippen molar-refractivity contribution in [3.63, 3.8) is 0 Å². The van der Waals surface area contributed by atoms with Gasteiger partial charge in [0, 0.05) is 19.8 Å². The molecule has 0 aliphatic heterocycles. The lowest BCUT2D eigenvalue weighted by atomic mass is 10.00. The Kier molecular flexibility index (Phi) is 3.45. The number of hydrogen-bond donors (Lipinski definition) is 0. The molecule has 0 amide bonds. The molecule has 0 unspecified atom stereocenters. The van der Waals surface area contributed by atoms with E-state index in [9.17, 15) is 0 Å². The lowest BCUT2D eigenvalue weighted by molar-refractivity contribution is 0.825. The smallest absolute Gasteiger partial charge is 0.0361 e. The van der Waals surface area contributed by atoms with Crippen molar-refractivity contribution in [2.45, 2.75) is 19.3 Å². The maximum absolute atomic E-state index is 2.29. The normalized spacial score (nSPS) is 17.8. The van der Waals surface area contributed by atoms with E-state index in [-0.39, 0.29) is 0 Å². The second-order valence-corrected chi connectivity index (χ2v) is 4.50. The molecule has 0 fully saturated rings. The highest BCUT2D eigenvalue weighted by Gasteiger charge is 1.99. The molecular weight excluding hydrogens is 194 g/mol. The highest BCUT2D eigenvalue weighted by Crippen LogP contribution is 2.20. The van der Waals surface area contributed by atoms with Gasteiger partial charge in [0.15, 0.2) is 0 Å². The molecule has 2 rings (SSSR count). The quantitative estimate of drug-likeness (QED) is 0.720. The van der Waals surface area contributed by atoms with Crippen molar-refractivity contribution in [3.8, 4) is 0 Å². The summed E-state index contributed by atoms with van der Waals surface area (Å²) in [5.41, 5.74) is 4.00. The Labute approximate surface area is 98.1 Å². The van der Waals surface area contributed by atoms with E-state index in [0.29, 0.717) is 0 Å². The van der Waals surface area contributed by atoms with E-state index in [1.807, 2.05) is 0 Å². The SMILES string of the molecule is CN(C)c1ccc(C=C2C=CCCC2)cc1. The molecule has 1 aromatic carbocycles. The average Bonchev–Trinajstić information content (AvgIpc) is 2.31. The lowest BCUT2D eigenvalue weighted by Crippen LogP contribution is -2.07. The van der Waals surface area contributed by atoms with Gasteiger partial charge in [0.05, 0.1) is 0 Å². The van der Waals surface area contributed by atoms with Gasteiger partial charge in [-0.15, -0.1) is 0 Å². The minimum Gasteiger partial charge on any atom is -0.378 e. The molecule has 0 N–H and O–H groups in total. The summed E-state index contributed by atoms with van der Waals surface area (Å²) in [5, 5.41) is 0.